The summed E-state index contributed by atoms with van der Waals surface area (Å²) in [6.45, 7) is -0.0160. The van der Waals surface area contributed by atoms with Gasteiger partial charge in [-0.05, 0) is 39.9 Å². The van der Waals surface area contributed by atoms with E-state index in [1.807, 2.05) is 72.1 Å². The van der Waals surface area contributed by atoms with Crippen LogP contribution in [0.25, 0.3) is 10.7 Å². The minimum atomic E-state index is -0.296. The van der Waals surface area contributed by atoms with Crippen LogP contribution in [-0.4, -0.2) is 33.2 Å². The highest BCUT2D eigenvalue weighted by atomic mass is 32.1. The molecule has 0 spiro atoms. The molecule has 0 fully saturated rings. The Kier molecular flexibility index (Phi) is 5.62. The van der Waals surface area contributed by atoms with Crippen molar-refractivity contribution in [3.05, 3.63) is 83.2 Å². The normalized spacial score (nSPS) is 11.8. The van der Waals surface area contributed by atoms with E-state index in [1.165, 1.54) is 16.1 Å². The first kappa shape index (κ1) is 18.8. The molecule has 2 heterocycles. The molecule has 2 aromatic heterocycles. The van der Waals surface area contributed by atoms with Gasteiger partial charge in [0.1, 0.15) is 12.3 Å². The van der Waals surface area contributed by atoms with Gasteiger partial charge >= 0.3 is 0 Å². The molecule has 7 nitrogen and oxygen atoms in total. The summed E-state index contributed by atoms with van der Waals surface area (Å²) >= 11 is 1.53. The number of hydrogen-bond acceptors (Lipinski definition) is 6. The number of carbonyl (C=O) groups is 1. The summed E-state index contributed by atoms with van der Waals surface area (Å²) in [6.07, 6.45) is 0. The Morgan fingerprint density at radius 2 is 1.83 bits per heavy atom. The number of aromatic nitrogens is 4. The van der Waals surface area contributed by atoms with E-state index in [1.54, 1.807) is 7.11 Å². The van der Waals surface area contributed by atoms with Crippen molar-refractivity contribution in [2.45, 2.75) is 12.6 Å². The fourth-order valence-corrected chi connectivity index (χ4v) is 3.60. The molecule has 2 aromatic carbocycles. The lowest BCUT2D eigenvalue weighted by atomic mass is 9.98. The smallest absolute Gasteiger partial charge is 0.244 e. The summed E-state index contributed by atoms with van der Waals surface area (Å²) in [7, 11) is 1.63. The predicted molar refractivity (Wildman–Crippen MR) is 111 cm³/mol. The van der Waals surface area contributed by atoms with Crippen molar-refractivity contribution >= 4 is 17.2 Å². The Labute approximate surface area is 172 Å². The van der Waals surface area contributed by atoms with Gasteiger partial charge in [-0.15, -0.1) is 21.5 Å². The summed E-state index contributed by atoms with van der Waals surface area (Å²) in [5.41, 5.74) is 1.94. The average Bonchev–Trinajstić information content (AvgIpc) is 3.45. The molecule has 4 rings (SSSR count). The van der Waals surface area contributed by atoms with Crippen LogP contribution in [0.5, 0.6) is 5.75 Å². The zero-order valence-corrected chi connectivity index (χ0v) is 16.5. The van der Waals surface area contributed by atoms with Gasteiger partial charge in [0.05, 0.1) is 18.0 Å². The lowest BCUT2D eigenvalue weighted by molar-refractivity contribution is -0.122. The molecule has 0 bridgehead atoms. The quantitative estimate of drug-likeness (QED) is 0.510. The first-order valence-electron chi connectivity index (χ1n) is 9.03. The van der Waals surface area contributed by atoms with E-state index < -0.39 is 0 Å². The standard InChI is InChI=1S/C21H19N5O2S/c1-28-17-11-9-16(10-12-17)20(15-6-3-2-4-7-15)22-19(27)14-26-24-21(23-25-26)18-8-5-13-29-18/h2-13,20H,14H2,1H3,(H,22,27)/t20-/m0/s1. The number of thiophene rings is 1. The van der Waals surface area contributed by atoms with Crippen LogP contribution >= 0.6 is 11.3 Å². The Bertz CT molecular complexity index is 1060. The zero-order valence-electron chi connectivity index (χ0n) is 15.7. The number of carbonyl (C=O) groups excluding carboxylic acids is 1. The van der Waals surface area contributed by atoms with Crippen LogP contribution in [0.3, 0.4) is 0 Å². The summed E-state index contributed by atoms with van der Waals surface area (Å²) in [6, 6.07) is 21.0. The van der Waals surface area contributed by atoms with Gasteiger partial charge in [-0.2, -0.15) is 4.80 Å². The van der Waals surface area contributed by atoms with Crippen LogP contribution in [0.4, 0.5) is 0 Å². The highest BCUT2D eigenvalue weighted by Gasteiger charge is 2.18. The van der Waals surface area contributed by atoms with Gasteiger partial charge in [0.15, 0.2) is 0 Å². The highest BCUT2D eigenvalue weighted by Crippen LogP contribution is 2.24. The van der Waals surface area contributed by atoms with Crippen LogP contribution in [-0.2, 0) is 11.3 Å². The topological polar surface area (TPSA) is 81.9 Å². The average molecular weight is 405 g/mol. The van der Waals surface area contributed by atoms with Gasteiger partial charge in [0, 0.05) is 0 Å². The summed E-state index contributed by atoms with van der Waals surface area (Å²) < 4.78 is 5.23. The predicted octanol–water partition coefficient (Wildman–Crippen LogP) is 3.32. The number of amides is 1. The minimum absolute atomic E-state index is 0.0160. The highest BCUT2D eigenvalue weighted by molar-refractivity contribution is 7.13. The maximum absolute atomic E-state index is 12.7. The molecular weight excluding hydrogens is 386 g/mol. The monoisotopic (exact) mass is 405 g/mol. The number of rotatable bonds is 7. The number of hydrogen-bond donors (Lipinski definition) is 1. The van der Waals surface area contributed by atoms with Crippen LogP contribution in [0.15, 0.2) is 72.1 Å². The van der Waals surface area contributed by atoms with Crippen molar-refractivity contribution < 1.29 is 9.53 Å². The Morgan fingerprint density at radius 3 is 2.52 bits per heavy atom. The largest absolute Gasteiger partial charge is 0.497 e. The molecule has 0 saturated carbocycles. The molecule has 1 N–H and O–H groups in total. The second-order valence-corrected chi connectivity index (χ2v) is 7.25. The van der Waals surface area contributed by atoms with E-state index in [0.717, 1.165) is 21.8 Å². The molecule has 0 aliphatic rings. The number of methoxy groups -OCH3 is 1. The lowest BCUT2D eigenvalue weighted by Gasteiger charge is -2.20. The number of nitrogens with one attached hydrogen (secondary N) is 1. The molecule has 0 aliphatic carbocycles. The fraction of sp³-hybridized carbons (Fsp3) is 0.143. The van der Waals surface area contributed by atoms with E-state index in [0.29, 0.717) is 5.82 Å². The summed E-state index contributed by atoms with van der Waals surface area (Å²) in [5.74, 6) is 1.08. The molecule has 4 aromatic rings. The van der Waals surface area contributed by atoms with Crippen LogP contribution < -0.4 is 10.1 Å². The van der Waals surface area contributed by atoms with Crippen molar-refractivity contribution in [2.24, 2.45) is 0 Å². The first-order chi connectivity index (χ1) is 14.2. The van der Waals surface area contributed by atoms with E-state index in [9.17, 15) is 4.79 Å². The number of tetrazole rings is 1. The fourth-order valence-electron chi connectivity index (χ4n) is 2.95. The second-order valence-electron chi connectivity index (χ2n) is 6.31. The third-order valence-corrected chi connectivity index (χ3v) is 5.23. The van der Waals surface area contributed by atoms with Crippen molar-refractivity contribution in [3.63, 3.8) is 0 Å². The number of nitrogens with zero attached hydrogens (tertiary/aromatic N) is 4. The zero-order chi connectivity index (χ0) is 20.1. The maximum atomic E-state index is 12.7. The van der Waals surface area contributed by atoms with Gasteiger partial charge in [0.2, 0.25) is 11.7 Å². The van der Waals surface area contributed by atoms with Crippen molar-refractivity contribution in [2.75, 3.05) is 7.11 Å². The maximum Gasteiger partial charge on any atom is 0.244 e. The Hall–Kier alpha value is -3.52. The molecule has 29 heavy (non-hydrogen) atoms. The van der Waals surface area contributed by atoms with Crippen LogP contribution in [0.1, 0.15) is 17.2 Å². The molecule has 146 valence electrons. The van der Waals surface area contributed by atoms with Crippen molar-refractivity contribution in [1.29, 1.82) is 0 Å². The van der Waals surface area contributed by atoms with Crippen molar-refractivity contribution in [1.82, 2.24) is 25.5 Å². The molecule has 0 saturated heterocycles. The SMILES string of the molecule is COc1ccc([C@@H](NC(=O)Cn2nnc(-c3cccs3)n2)c2ccccc2)cc1. The third kappa shape index (κ3) is 4.49. The molecular formula is C21H19N5O2S. The Balaban J connectivity index is 1.51. The number of ether oxygens (including phenoxy) is 1. The molecule has 1 amide bonds. The van der Waals surface area contributed by atoms with E-state index in [2.05, 4.69) is 20.7 Å². The van der Waals surface area contributed by atoms with E-state index in [4.69, 9.17) is 4.74 Å². The second kappa shape index (κ2) is 8.66. The molecule has 1 atom stereocenters. The van der Waals surface area contributed by atoms with Crippen molar-refractivity contribution in [3.8, 4) is 16.5 Å². The number of benzene rings is 2. The van der Waals surface area contributed by atoms with Crippen LogP contribution in [0.2, 0.25) is 0 Å². The first-order valence-corrected chi connectivity index (χ1v) is 9.91. The minimum Gasteiger partial charge on any atom is -0.497 e. The van der Waals surface area contributed by atoms with Gasteiger partial charge in [-0.25, -0.2) is 0 Å². The summed E-state index contributed by atoms with van der Waals surface area (Å²) in [4.78, 5) is 14.9. The summed E-state index contributed by atoms with van der Waals surface area (Å²) in [5, 5.41) is 17.3. The molecule has 0 unspecified atom stereocenters. The molecule has 8 heteroatoms. The lowest BCUT2D eigenvalue weighted by Crippen LogP contribution is -2.32. The Morgan fingerprint density at radius 1 is 1.07 bits per heavy atom. The van der Waals surface area contributed by atoms with E-state index in [-0.39, 0.29) is 18.5 Å². The van der Waals surface area contributed by atoms with Gasteiger partial charge in [-0.1, -0.05) is 48.5 Å². The molecule has 0 aliphatic heterocycles. The van der Waals surface area contributed by atoms with E-state index >= 15 is 0 Å². The third-order valence-electron chi connectivity index (χ3n) is 4.37. The van der Waals surface area contributed by atoms with Gasteiger partial charge < -0.3 is 10.1 Å². The molecule has 0 radical (unpaired) electrons. The van der Waals surface area contributed by atoms with Gasteiger partial charge in [0.25, 0.3) is 0 Å². The van der Waals surface area contributed by atoms with Gasteiger partial charge in [-0.3, -0.25) is 4.79 Å². The van der Waals surface area contributed by atoms with Crippen LogP contribution in [0, 0.1) is 0 Å².